The van der Waals surface area contributed by atoms with Crippen LogP contribution in [0, 0.1) is 0 Å². The van der Waals surface area contributed by atoms with Gasteiger partial charge in [0.15, 0.2) is 0 Å². The van der Waals surface area contributed by atoms with Crippen molar-refractivity contribution in [2.24, 2.45) is 0 Å². The van der Waals surface area contributed by atoms with E-state index in [1.54, 1.807) is 11.1 Å². The third kappa shape index (κ3) is 3.42. The molecular formula is C32H26. The van der Waals surface area contributed by atoms with Crippen LogP contribution in [0.1, 0.15) is 24.0 Å². The molecule has 1 aliphatic carbocycles. The molecule has 0 saturated heterocycles. The highest BCUT2D eigenvalue weighted by atomic mass is 14.2. The molecule has 6 aromatic carbocycles. The highest BCUT2D eigenvalue weighted by molar-refractivity contribution is 6.08. The summed E-state index contributed by atoms with van der Waals surface area (Å²) in [5.74, 6) is 0. The summed E-state index contributed by atoms with van der Waals surface area (Å²) < 4.78 is 0. The Morgan fingerprint density at radius 3 is 1.56 bits per heavy atom. The van der Waals surface area contributed by atoms with Crippen LogP contribution < -0.4 is 0 Å². The van der Waals surface area contributed by atoms with E-state index in [1.165, 1.54) is 68.8 Å². The van der Waals surface area contributed by atoms with Crippen LogP contribution in [-0.4, -0.2) is 0 Å². The summed E-state index contributed by atoms with van der Waals surface area (Å²) in [6.45, 7) is 0. The van der Waals surface area contributed by atoms with Gasteiger partial charge in [0.1, 0.15) is 0 Å². The van der Waals surface area contributed by atoms with Gasteiger partial charge in [-0.25, -0.2) is 0 Å². The Morgan fingerprint density at radius 2 is 0.906 bits per heavy atom. The highest BCUT2D eigenvalue weighted by Gasteiger charge is 2.13. The average Bonchev–Trinajstić information content (AvgIpc) is 2.87. The van der Waals surface area contributed by atoms with Gasteiger partial charge in [-0.2, -0.15) is 0 Å². The molecule has 0 heteroatoms. The van der Waals surface area contributed by atoms with Gasteiger partial charge in [-0.3, -0.25) is 0 Å². The summed E-state index contributed by atoms with van der Waals surface area (Å²) >= 11 is 0. The van der Waals surface area contributed by atoms with Gasteiger partial charge in [0.05, 0.1) is 0 Å². The van der Waals surface area contributed by atoms with E-state index >= 15 is 0 Å². The quantitative estimate of drug-likeness (QED) is 0.173. The summed E-state index contributed by atoms with van der Waals surface area (Å²) in [5.41, 5.74) is 3.17. The van der Waals surface area contributed by atoms with Crippen molar-refractivity contribution in [3.05, 3.63) is 120 Å². The molecule has 7 rings (SSSR count). The molecule has 0 unspecified atom stereocenters. The molecule has 0 aliphatic heterocycles. The zero-order valence-corrected chi connectivity index (χ0v) is 18.2. The second-order valence-corrected chi connectivity index (χ2v) is 8.84. The third-order valence-corrected chi connectivity index (χ3v) is 6.87. The van der Waals surface area contributed by atoms with E-state index in [1.807, 2.05) is 0 Å². The van der Waals surface area contributed by atoms with Gasteiger partial charge in [0.25, 0.3) is 0 Å². The lowest BCUT2D eigenvalue weighted by Crippen LogP contribution is -2.02. The summed E-state index contributed by atoms with van der Waals surface area (Å²) in [5, 5.41) is 10.9. The molecule has 0 bridgehead atoms. The summed E-state index contributed by atoms with van der Waals surface area (Å²) in [4.78, 5) is 0. The molecule has 0 nitrogen and oxygen atoms in total. The molecular weight excluding hydrogens is 384 g/mol. The van der Waals surface area contributed by atoms with Gasteiger partial charge in [0, 0.05) is 0 Å². The van der Waals surface area contributed by atoms with Crippen molar-refractivity contribution in [2.75, 3.05) is 0 Å². The van der Waals surface area contributed by atoms with E-state index in [4.69, 9.17) is 0 Å². The van der Waals surface area contributed by atoms with E-state index in [2.05, 4.69) is 109 Å². The lowest BCUT2D eigenvalue weighted by molar-refractivity contribution is 0.690. The minimum absolute atomic E-state index is 1.25. The maximum atomic E-state index is 2.35. The minimum Gasteiger partial charge on any atom is -0.0616 e. The van der Waals surface area contributed by atoms with E-state index in [-0.39, 0.29) is 0 Å². The number of fused-ring (bicyclic) bond motifs is 7. The SMILES string of the molecule is c1ccc2c(c1)ccc1c3c(ccc12)CCCC3.c1ccc2cc3ccccc3cc2c1. The van der Waals surface area contributed by atoms with Crippen LogP contribution in [0.5, 0.6) is 0 Å². The fraction of sp³-hybridized carbons (Fsp3) is 0.125. The minimum atomic E-state index is 1.25. The monoisotopic (exact) mass is 410 g/mol. The molecule has 0 fully saturated rings. The predicted octanol–water partition coefficient (Wildman–Crippen LogP) is 8.86. The lowest BCUT2D eigenvalue weighted by Gasteiger charge is -2.18. The van der Waals surface area contributed by atoms with Crippen molar-refractivity contribution in [1.29, 1.82) is 0 Å². The van der Waals surface area contributed by atoms with Gasteiger partial charge in [-0.05, 0) is 92.0 Å². The Balaban J connectivity index is 0.000000126. The summed E-state index contributed by atoms with van der Waals surface area (Å²) in [7, 11) is 0. The van der Waals surface area contributed by atoms with E-state index < -0.39 is 0 Å². The first-order valence-electron chi connectivity index (χ1n) is 11.7. The first kappa shape index (κ1) is 19.1. The molecule has 0 N–H and O–H groups in total. The molecule has 0 atom stereocenters. The lowest BCUT2D eigenvalue weighted by atomic mass is 9.86. The summed E-state index contributed by atoms with van der Waals surface area (Å²) in [6.07, 6.45) is 5.22. The maximum absolute atomic E-state index is 2.35. The molecule has 6 aromatic rings. The van der Waals surface area contributed by atoms with Gasteiger partial charge in [-0.15, -0.1) is 0 Å². The van der Waals surface area contributed by atoms with Gasteiger partial charge < -0.3 is 0 Å². The zero-order valence-electron chi connectivity index (χ0n) is 18.2. The number of aryl methyl sites for hydroxylation is 2. The fourth-order valence-electron chi connectivity index (χ4n) is 5.23. The highest BCUT2D eigenvalue weighted by Crippen LogP contribution is 2.33. The van der Waals surface area contributed by atoms with Gasteiger partial charge >= 0.3 is 0 Å². The maximum Gasteiger partial charge on any atom is -0.0102 e. The molecule has 1 aliphatic rings. The predicted molar refractivity (Wildman–Crippen MR) is 140 cm³/mol. The molecule has 0 radical (unpaired) electrons. The first-order valence-corrected chi connectivity index (χ1v) is 11.7. The number of rotatable bonds is 0. The van der Waals surface area contributed by atoms with Crippen molar-refractivity contribution >= 4 is 43.1 Å². The van der Waals surface area contributed by atoms with E-state index in [0.717, 1.165) is 0 Å². The Kier molecular flexibility index (Phi) is 4.85. The molecule has 0 spiro atoms. The topological polar surface area (TPSA) is 0 Å². The summed E-state index contributed by atoms with van der Waals surface area (Å²) in [6, 6.07) is 39.4. The average molecular weight is 411 g/mol. The first-order chi connectivity index (χ1) is 15.9. The molecule has 154 valence electrons. The van der Waals surface area contributed by atoms with Crippen molar-refractivity contribution in [3.63, 3.8) is 0 Å². The van der Waals surface area contributed by atoms with E-state index in [9.17, 15) is 0 Å². The second kappa shape index (κ2) is 8.13. The van der Waals surface area contributed by atoms with E-state index in [0.29, 0.717) is 0 Å². The van der Waals surface area contributed by atoms with Crippen LogP contribution in [0.2, 0.25) is 0 Å². The Morgan fingerprint density at radius 1 is 0.375 bits per heavy atom. The normalized spacial score (nSPS) is 13.1. The Hall–Kier alpha value is -3.64. The Labute approximate surface area is 189 Å². The van der Waals surface area contributed by atoms with Crippen LogP contribution in [-0.2, 0) is 12.8 Å². The molecule has 0 heterocycles. The Bertz CT molecular complexity index is 1470. The molecule has 0 amide bonds. The fourth-order valence-corrected chi connectivity index (χ4v) is 5.23. The molecule has 32 heavy (non-hydrogen) atoms. The van der Waals surface area contributed by atoms with Crippen molar-refractivity contribution < 1.29 is 0 Å². The zero-order chi connectivity index (χ0) is 21.3. The van der Waals surface area contributed by atoms with Crippen LogP contribution in [0.4, 0.5) is 0 Å². The second-order valence-electron chi connectivity index (χ2n) is 8.84. The van der Waals surface area contributed by atoms with Crippen LogP contribution in [0.3, 0.4) is 0 Å². The van der Waals surface area contributed by atoms with Crippen molar-refractivity contribution in [2.45, 2.75) is 25.7 Å². The third-order valence-electron chi connectivity index (χ3n) is 6.87. The van der Waals surface area contributed by atoms with Gasteiger partial charge in [-0.1, -0.05) is 97.1 Å². The van der Waals surface area contributed by atoms with Crippen LogP contribution >= 0.6 is 0 Å². The molecule has 0 aromatic heterocycles. The van der Waals surface area contributed by atoms with Crippen molar-refractivity contribution in [3.8, 4) is 0 Å². The van der Waals surface area contributed by atoms with Crippen LogP contribution in [0.15, 0.2) is 109 Å². The van der Waals surface area contributed by atoms with Gasteiger partial charge in [0.2, 0.25) is 0 Å². The largest absolute Gasteiger partial charge is 0.0616 e. The molecule has 0 saturated carbocycles. The number of hydrogen-bond acceptors (Lipinski definition) is 0. The van der Waals surface area contributed by atoms with Crippen LogP contribution in [0.25, 0.3) is 43.1 Å². The standard InChI is InChI=1S/C18H16.C14H10/c1-3-7-15-13(5-1)9-11-18-16-8-4-2-6-14(16)10-12-17(15)18;1-2-6-12-10-14-8-4-3-7-13(14)9-11(12)5-1/h1,3,5,7,9-12H,2,4,6,8H2;1-10H. The van der Waals surface area contributed by atoms with Crippen molar-refractivity contribution in [1.82, 2.24) is 0 Å². The smallest absolute Gasteiger partial charge is 0.0102 e. The number of benzene rings is 6. The number of hydrogen-bond donors (Lipinski definition) is 0.